The third kappa shape index (κ3) is 2.38. The summed E-state index contributed by atoms with van der Waals surface area (Å²) in [5.74, 6) is 1.25. The molecule has 1 N–H and O–H groups in total. The fourth-order valence-corrected chi connectivity index (χ4v) is 4.70. The maximum Gasteiger partial charge on any atom is 0.514 e. The molecule has 2 aromatic carbocycles. The van der Waals surface area contributed by atoms with E-state index in [1.165, 1.54) is 0 Å². The molecule has 4 nitrogen and oxygen atoms in total. The van der Waals surface area contributed by atoms with Crippen molar-refractivity contribution >= 4 is 16.9 Å². The van der Waals surface area contributed by atoms with Gasteiger partial charge in [0.1, 0.15) is 11.5 Å². The van der Waals surface area contributed by atoms with Crippen LogP contribution in [-0.4, -0.2) is 17.4 Å². The Morgan fingerprint density at radius 2 is 2.08 bits per heavy atom. The summed E-state index contributed by atoms with van der Waals surface area (Å²) in [5.41, 5.74) is 2.99. The van der Waals surface area contributed by atoms with Gasteiger partial charge in [0, 0.05) is 21.9 Å². The van der Waals surface area contributed by atoms with Crippen LogP contribution in [-0.2, 0) is 10.2 Å². The van der Waals surface area contributed by atoms with Gasteiger partial charge in [0.2, 0.25) is 0 Å². The van der Waals surface area contributed by atoms with E-state index in [0.29, 0.717) is 17.4 Å². The second kappa shape index (κ2) is 5.38. The molecule has 2 atom stereocenters. The Balaban J connectivity index is 1.97. The molecule has 0 aromatic heterocycles. The zero-order chi connectivity index (χ0) is 17.9. The number of hydrogen-bond donors (Lipinski definition) is 1. The van der Waals surface area contributed by atoms with E-state index in [4.69, 9.17) is 9.47 Å². The maximum atomic E-state index is 12.2. The number of fused-ring (bicyclic) bond motifs is 6. The van der Waals surface area contributed by atoms with Crippen LogP contribution in [0.1, 0.15) is 62.6 Å². The Kier molecular flexibility index (Phi) is 3.50. The Hall–Kier alpha value is -2.23. The van der Waals surface area contributed by atoms with Crippen molar-refractivity contribution in [2.45, 2.75) is 64.4 Å². The van der Waals surface area contributed by atoms with Gasteiger partial charge >= 0.3 is 6.16 Å². The highest BCUT2D eigenvalue weighted by molar-refractivity contribution is 5.98. The summed E-state index contributed by atoms with van der Waals surface area (Å²) in [6.07, 6.45) is 2.21. The van der Waals surface area contributed by atoms with Crippen molar-refractivity contribution in [3.63, 3.8) is 0 Å². The minimum absolute atomic E-state index is 0.0385. The van der Waals surface area contributed by atoms with Crippen LogP contribution in [0.2, 0.25) is 0 Å². The quantitative estimate of drug-likeness (QED) is 0.594. The number of phenolic OH excluding ortho intramolecular Hbond substituents is 1. The lowest BCUT2D eigenvalue weighted by atomic mass is 9.78. The molecule has 2 unspecified atom stereocenters. The highest BCUT2D eigenvalue weighted by Gasteiger charge is 2.50. The fourth-order valence-electron chi connectivity index (χ4n) is 4.70. The van der Waals surface area contributed by atoms with E-state index in [9.17, 15) is 9.90 Å². The highest BCUT2D eigenvalue weighted by atomic mass is 16.7. The van der Waals surface area contributed by atoms with Crippen molar-refractivity contribution in [1.29, 1.82) is 0 Å². The van der Waals surface area contributed by atoms with E-state index in [1.54, 1.807) is 13.8 Å². The van der Waals surface area contributed by atoms with Gasteiger partial charge < -0.3 is 14.6 Å². The SMILES string of the molecule is Cc1ccc2c(O)c3c(c(OC(=O)OC(C)C)c2c1)C1CCC3(C)C1. The predicted octanol–water partition coefficient (Wildman–Crippen LogP) is 5.32. The summed E-state index contributed by atoms with van der Waals surface area (Å²) in [6, 6.07) is 5.86. The van der Waals surface area contributed by atoms with E-state index in [-0.39, 0.29) is 11.5 Å². The summed E-state index contributed by atoms with van der Waals surface area (Å²) < 4.78 is 10.9. The van der Waals surface area contributed by atoms with E-state index in [0.717, 1.165) is 46.7 Å². The molecule has 25 heavy (non-hydrogen) atoms. The van der Waals surface area contributed by atoms with Gasteiger partial charge in [-0.3, -0.25) is 0 Å². The number of carbonyl (C=O) groups excluding carboxylic acids is 1. The minimum atomic E-state index is -0.682. The van der Waals surface area contributed by atoms with Crippen LogP contribution in [0.5, 0.6) is 11.5 Å². The van der Waals surface area contributed by atoms with Gasteiger partial charge in [-0.05, 0) is 57.4 Å². The van der Waals surface area contributed by atoms with Crippen LogP contribution in [0.3, 0.4) is 0 Å². The molecule has 0 radical (unpaired) electrons. The van der Waals surface area contributed by atoms with Crippen molar-refractivity contribution in [2.75, 3.05) is 0 Å². The summed E-state index contributed by atoms with van der Waals surface area (Å²) in [7, 11) is 0. The number of ether oxygens (including phenoxy) is 2. The maximum absolute atomic E-state index is 12.2. The van der Waals surface area contributed by atoms with Crippen LogP contribution in [0, 0.1) is 6.92 Å². The number of hydrogen-bond acceptors (Lipinski definition) is 4. The van der Waals surface area contributed by atoms with Crippen LogP contribution in [0.15, 0.2) is 18.2 Å². The molecule has 0 spiro atoms. The number of phenols is 1. The molecule has 0 saturated heterocycles. The summed E-state index contributed by atoms with van der Waals surface area (Å²) in [5, 5.41) is 12.5. The van der Waals surface area contributed by atoms with Gasteiger partial charge in [-0.25, -0.2) is 4.79 Å². The first-order valence-corrected chi connectivity index (χ1v) is 8.98. The molecule has 2 aliphatic carbocycles. The average Bonchev–Trinajstić information content (AvgIpc) is 3.04. The summed E-state index contributed by atoms with van der Waals surface area (Å²) in [4.78, 5) is 12.2. The first-order chi connectivity index (χ1) is 11.8. The van der Waals surface area contributed by atoms with E-state index in [1.807, 2.05) is 25.1 Å². The molecule has 0 aliphatic heterocycles. The number of rotatable bonds is 2. The molecule has 1 saturated carbocycles. The highest BCUT2D eigenvalue weighted by Crippen LogP contribution is 2.63. The molecule has 4 rings (SSSR count). The lowest BCUT2D eigenvalue weighted by molar-refractivity contribution is 0.0729. The van der Waals surface area contributed by atoms with Crippen molar-refractivity contribution < 1.29 is 19.4 Å². The number of benzene rings is 2. The van der Waals surface area contributed by atoms with E-state index >= 15 is 0 Å². The third-order valence-electron chi connectivity index (χ3n) is 5.70. The molecule has 0 amide bonds. The number of aryl methyl sites for hydroxylation is 1. The molecule has 2 aliphatic rings. The van der Waals surface area contributed by atoms with Crippen LogP contribution >= 0.6 is 0 Å². The van der Waals surface area contributed by atoms with Gasteiger partial charge in [0.05, 0.1) is 6.10 Å². The van der Waals surface area contributed by atoms with Crippen LogP contribution in [0.25, 0.3) is 10.8 Å². The van der Waals surface area contributed by atoms with Gasteiger partial charge in [0.25, 0.3) is 0 Å². The summed E-state index contributed by atoms with van der Waals surface area (Å²) >= 11 is 0. The Labute approximate surface area is 147 Å². The zero-order valence-electron chi connectivity index (χ0n) is 15.2. The normalized spacial score (nSPS) is 24.0. The Morgan fingerprint density at radius 1 is 1.32 bits per heavy atom. The zero-order valence-corrected chi connectivity index (χ0v) is 15.2. The van der Waals surface area contributed by atoms with Crippen molar-refractivity contribution in [3.8, 4) is 11.5 Å². The number of aromatic hydroxyl groups is 1. The molecular formula is C21H24O4. The molecule has 2 bridgehead atoms. The second-order valence-corrected chi connectivity index (χ2v) is 8.03. The largest absolute Gasteiger partial charge is 0.514 e. The molecule has 0 heterocycles. The first-order valence-electron chi connectivity index (χ1n) is 8.98. The smallest absolute Gasteiger partial charge is 0.507 e. The lowest BCUT2D eigenvalue weighted by Gasteiger charge is -2.28. The Morgan fingerprint density at radius 3 is 2.80 bits per heavy atom. The summed E-state index contributed by atoms with van der Waals surface area (Å²) in [6.45, 7) is 7.80. The lowest BCUT2D eigenvalue weighted by Crippen LogP contribution is -2.19. The van der Waals surface area contributed by atoms with Gasteiger partial charge in [-0.15, -0.1) is 0 Å². The Bertz CT molecular complexity index is 883. The van der Waals surface area contributed by atoms with Crippen molar-refractivity contribution in [2.24, 2.45) is 0 Å². The molecule has 1 fully saturated rings. The predicted molar refractivity (Wildman–Crippen MR) is 96.5 cm³/mol. The van der Waals surface area contributed by atoms with Crippen molar-refractivity contribution in [3.05, 3.63) is 34.9 Å². The molecular weight excluding hydrogens is 316 g/mol. The van der Waals surface area contributed by atoms with Gasteiger partial charge in [-0.1, -0.05) is 24.6 Å². The fraction of sp³-hybridized carbons (Fsp3) is 0.476. The van der Waals surface area contributed by atoms with Crippen LogP contribution in [0.4, 0.5) is 4.79 Å². The second-order valence-electron chi connectivity index (χ2n) is 8.03. The molecule has 132 valence electrons. The minimum Gasteiger partial charge on any atom is -0.507 e. The van der Waals surface area contributed by atoms with E-state index in [2.05, 4.69) is 6.92 Å². The monoisotopic (exact) mass is 340 g/mol. The standard InChI is InChI=1S/C21H24O4/c1-11(2)24-20(23)25-19-15-9-12(3)5-6-14(15)18(22)17-16(19)13-7-8-21(17,4)10-13/h5-6,9,11,13,22H,7-8,10H2,1-4H3. The third-order valence-corrected chi connectivity index (χ3v) is 5.70. The van der Waals surface area contributed by atoms with Crippen LogP contribution < -0.4 is 4.74 Å². The van der Waals surface area contributed by atoms with E-state index < -0.39 is 6.16 Å². The molecule has 2 aromatic rings. The van der Waals surface area contributed by atoms with Gasteiger partial charge in [0.15, 0.2) is 0 Å². The average molecular weight is 340 g/mol. The number of carbonyl (C=O) groups is 1. The topological polar surface area (TPSA) is 55.8 Å². The van der Waals surface area contributed by atoms with Crippen molar-refractivity contribution in [1.82, 2.24) is 0 Å². The van der Waals surface area contributed by atoms with Gasteiger partial charge in [-0.2, -0.15) is 0 Å². The molecule has 4 heteroatoms. The first kappa shape index (κ1) is 16.2.